The Balaban J connectivity index is 0.00000144. The lowest BCUT2D eigenvalue weighted by Crippen LogP contribution is -2.37. The highest BCUT2D eigenvalue weighted by atomic mass is 35.5. The third-order valence-electron chi connectivity index (χ3n) is 3.16. The number of piperidine rings is 1. The molecule has 1 aliphatic heterocycles. The first-order valence-corrected chi connectivity index (χ1v) is 5.68. The molecule has 0 spiro atoms. The van der Waals surface area contributed by atoms with Crippen molar-refractivity contribution in [2.24, 2.45) is 13.0 Å². The van der Waals surface area contributed by atoms with Crippen LogP contribution in [-0.4, -0.2) is 28.8 Å². The summed E-state index contributed by atoms with van der Waals surface area (Å²) >= 11 is 0. The van der Waals surface area contributed by atoms with Gasteiger partial charge in [-0.2, -0.15) is 5.10 Å². The Kier molecular flexibility index (Phi) is 4.96. The number of amides is 1. The molecule has 2 heterocycles. The van der Waals surface area contributed by atoms with Crippen LogP contribution in [0, 0.1) is 12.8 Å². The minimum absolute atomic E-state index is 0. The summed E-state index contributed by atoms with van der Waals surface area (Å²) in [6.45, 7) is 3.75. The molecule has 1 unspecified atom stereocenters. The van der Waals surface area contributed by atoms with Gasteiger partial charge in [-0.1, -0.05) is 0 Å². The minimum Gasteiger partial charge on any atom is -0.323 e. The Bertz CT molecular complexity index is 385. The van der Waals surface area contributed by atoms with Gasteiger partial charge in [-0.25, -0.2) is 0 Å². The van der Waals surface area contributed by atoms with E-state index in [9.17, 15) is 4.79 Å². The van der Waals surface area contributed by atoms with Crippen LogP contribution >= 0.6 is 12.4 Å². The molecule has 17 heavy (non-hydrogen) atoms. The second-order valence-electron chi connectivity index (χ2n) is 4.30. The number of aryl methyl sites for hydroxylation is 1. The number of anilines is 1. The number of halogens is 1. The summed E-state index contributed by atoms with van der Waals surface area (Å²) < 4.78 is 1.76. The Hall–Kier alpha value is -1.07. The van der Waals surface area contributed by atoms with Gasteiger partial charge in [0.15, 0.2) is 0 Å². The Morgan fingerprint density at radius 3 is 2.94 bits per heavy atom. The molecule has 1 aromatic rings. The van der Waals surface area contributed by atoms with Crippen LogP contribution in [0.4, 0.5) is 5.69 Å². The number of hydrogen-bond acceptors (Lipinski definition) is 3. The molecule has 1 fully saturated rings. The first-order chi connectivity index (χ1) is 7.68. The lowest BCUT2D eigenvalue weighted by atomic mass is 9.99. The zero-order valence-corrected chi connectivity index (χ0v) is 11.0. The van der Waals surface area contributed by atoms with Gasteiger partial charge in [-0.15, -0.1) is 12.4 Å². The van der Waals surface area contributed by atoms with Gasteiger partial charge in [0.05, 0.1) is 23.5 Å². The smallest absolute Gasteiger partial charge is 0.228 e. The van der Waals surface area contributed by atoms with E-state index in [-0.39, 0.29) is 24.2 Å². The largest absolute Gasteiger partial charge is 0.323 e. The van der Waals surface area contributed by atoms with Crippen molar-refractivity contribution in [1.82, 2.24) is 15.1 Å². The van der Waals surface area contributed by atoms with Gasteiger partial charge in [-0.3, -0.25) is 9.48 Å². The van der Waals surface area contributed by atoms with E-state index in [2.05, 4.69) is 15.7 Å². The predicted molar refractivity (Wildman–Crippen MR) is 69.4 cm³/mol. The van der Waals surface area contributed by atoms with Crippen molar-refractivity contribution in [3.05, 3.63) is 11.9 Å². The van der Waals surface area contributed by atoms with Gasteiger partial charge in [0.25, 0.3) is 0 Å². The average Bonchev–Trinajstić information content (AvgIpc) is 2.62. The molecule has 6 heteroatoms. The topological polar surface area (TPSA) is 59.0 Å². The van der Waals surface area contributed by atoms with E-state index >= 15 is 0 Å². The molecule has 1 aromatic heterocycles. The zero-order chi connectivity index (χ0) is 11.5. The first-order valence-electron chi connectivity index (χ1n) is 5.68. The van der Waals surface area contributed by atoms with Crippen molar-refractivity contribution in [3.63, 3.8) is 0 Å². The van der Waals surface area contributed by atoms with Crippen molar-refractivity contribution in [2.45, 2.75) is 19.8 Å². The second kappa shape index (κ2) is 6.02. The number of carbonyl (C=O) groups excluding carboxylic acids is 1. The average molecular weight is 259 g/mol. The third-order valence-corrected chi connectivity index (χ3v) is 3.16. The zero-order valence-electron chi connectivity index (χ0n) is 10.2. The van der Waals surface area contributed by atoms with E-state index in [0.717, 1.165) is 37.3 Å². The molecule has 1 amide bonds. The van der Waals surface area contributed by atoms with Gasteiger partial charge in [-0.05, 0) is 26.3 Å². The van der Waals surface area contributed by atoms with Crippen LogP contribution in [0.15, 0.2) is 6.20 Å². The summed E-state index contributed by atoms with van der Waals surface area (Å²) in [4.78, 5) is 11.9. The van der Waals surface area contributed by atoms with E-state index in [4.69, 9.17) is 0 Å². The Morgan fingerprint density at radius 1 is 1.65 bits per heavy atom. The number of rotatable bonds is 2. The van der Waals surface area contributed by atoms with E-state index < -0.39 is 0 Å². The molecular weight excluding hydrogens is 240 g/mol. The Morgan fingerprint density at radius 2 is 2.41 bits per heavy atom. The predicted octanol–water partition coefficient (Wildman–Crippen LogP) is 1.09. The van der Waals surface area contributed by atoms with E-state index in [0.29, 0.717) is 0 Å². The van der Waals surface area contributed by atoms with Crippen LogP contribution in [-0.2, 0) is 11.8 Å². The van der Waals surface area contributed by atoms with Crippen molar-refractivity contribution < 1.29 is 4.79 Å². The Labute approximate surface area is 107 Å². The highest BCUT2D eigenvalue weighted by molar-refractivity contribution is 5.93. The van der Waals surface area contributed by atoms with E-state index in [1.807, 2.05) is 14.0 Å². The lowest BCUT2D eigenvalue weighted by Gasteiger charge is -2.21. The fourth-order valence-electron chi connectivity index (χ4n) is 1.93. The number of nitrogens with one attached hydrogen (secondary N) is 2. The second-order valence-corrected chi connectivity index (χ2v) is 4.30. The maximum Gasteiger partial charge on any atom is 0.228 e. The molecule has 1 aliphatic rings. The monoisotopic (exact) mass is 258 g/mol. The lowest BCUT2D eigenvalue weighted by molar-refractivity contribution is -0.120. The van der Waals surface area contributed by atoms with Crippen LogP contribution in [0.2, 0.25) is 0 Å². The van der Waals surface area contributed by atoms with Gasteiger partial charge in [0.2, 0.25) is 5.91 Å². The van der Waals surface area contributed by atoms with Crippen molar-refractivity contribution in [2.75, 3.05) is 18.4 Å². The normalized spacial score (nSPS) is 19.5. The van der Waals surface area contributed by atoms with Crippen molar-refractivity contribution in [1.29, 1.82) is 0 Å². The quantitative estimate of drug-likeness (QED) is 0.835. The van der Waals surface area contributed by atoms with Crippen molar-refractivity contribution >= 4 is 24.0 Å². The minimum atomic E-state index is 0. The highest BCUT2D eigenvalue weighted by Gasteiger charge is 2.21. The van der Waals surface area contributed by atoms with Crippen LogP contribution < -0.4 is 10.6 Å². The number of hydrogen-bond donors (Lipinski definition) is 2. The molecule has 2 rings (SSSR count). The third kappa shape index (κ3) is 3.20. The SMILES string of the molecule is Cc1c(NC(=O)C2CCCNC2)cnn1C.Cl. The maximum atomic E-state index is 11.9. The standard InChI is InChI=1S/C11H18N4O.ClH/c1-8-10(7-13-15(8)2)14-11(16)9-4-3-5-12-6-9;/h7,9,12H,3-6H2,1-2H3,(H,14,16);1H. The maximum absolute atomic E-state index is 11.9. The molecule has 0 radical (unpaired) electrons. The van der Waals surface area contributed by atoms with Crippen molar-refractivity contribution in [3.8, 4) is 0 Å². The number of aromatic nitrogens is 2. The van der Waals surface area contributed by atoms with Crippen LogP contribution in [0.25, 0.3) is 0 Å². The molecule has 0 aromatic carbocycles. The van der Waals surface area contributed by atoms with Gasteiger partial charge in [0.1, 0.15) is 0 Å². The molecule has 1 atom stereocenters. The summed E-state index contributed by atoms with van der Waals surface area (Å²) in [6, 6.07) is 0. The highest BCUT2D eigenvalue weighted by Crippen LogP contribution is 2.16. The van der Waals surface area contributed by atoms with Crippen LogP contribution in [0.1, 0.15) is 18.5 Å². The summed E-state index contributed by atoms with van der Waals surface area (Å²) in [6.07, 6.45) is 3.74. The molecule has 0 aliphatic carbocycles. The summed E-state index contributed by atoms with van der Waals surface area (Å²) in [5, 5.41) is 10.3. The van der Waals surface area contributed by atoms with Crippen LogP contribution in [0.3, 0.4) is 0 Å². The molecule has 96 valence electrons. The molecule has 1 saturated heterocycles. The fraction of sp³-hybridized carbons (Fsp3) is 0.636. The summed E-state index contributed by atoms with van der Waals surface area (Å²) in [5.41, 5.74) is 1.80. The summed E-state index contributed by atoms with van der Waals surface area (Å²) in [5.74, 6) is 0.191. The fourth-order valence-corrected chi connectivity index (χ4v) is 1.93. The van der Waals surface area contributed by atoms with E-state index in [1.54, 1.807) is 10.9 Å². The molecule has 2 N–H and O–H groups in total. The number of carbonyl (C=O) groups is 1. The van der Waals surface area contributed by atoms with Gasteiger partial charge in [0, 0.05) is 13.6 Å². The molecule has 0 saturated carbocycles. The van der Waals surface area contributed by atoms with Gasteiger partial charge < -0.3 is 10.6 Å². The first kappa shape index (κ1) is 14.0. The van der Waals surface area contributed by atoms with E-state index in [1.165, 1.54) is 0 Å². The molecule has 5 nitrogen and oxygen atoms in total. The van der Waals surface area contributed by atoms with Gasteiger partial charge >= 0.3 is 0 Å². The van der Waals surface area contributed by atoms with Crippen LogP contribution in [0.5, 0.6) is 0 Å². The summed E-state index contributed by atoms with van der Waals surface area (Å²) in [7, 11) is 1.87. The molecule has 0 bridgehead atoms. The molecular formula is C11H19ClN4O. The number of nitrogens with zero attached hydrogens (tertiary/aromatic N) is 2.